The minimum atomic E-state index is 0.629. The third-order valence-corrected chi connectivity index (χ3v) is 5.57. The summed E-state index contributed by atoms with van der Waals surface area (Å²) in [6, 6.07) is 2.14. The van der Waals surface area contributed by atoms with Gasteiger partial charge >= 0.3 is 0 Å². The maximum atomic E-state index is 4.78. The molecular formula is C16H28N4S. The van der Waals surface area contributed by atoms with Crippen molar-refractivity contribution in [2.75, 3.05) is 18.0 Å². The van der Waals surface area contributed by atoms with Crippen LogP contribution in [0, 0.1) is 5.92 Å². The molecule has 118 valence electrons. The Morgan fingerprint density at radius 1 is 1.14 bits per heavy atom. The third-order valence-electron chi connectivity index (χ3n) is 4.75. The summed E-state index contributed by atoms with van der Waals surface area (Å²) in [4.78, 5) is 10.0. The van der Waals surface area contributed by atoms with Crippen LogP contribution in [0.3, 0.4) is 0 Å². The Hall–Kier alpha value is -0.680. The van der Waals surface area contributed by atoms with Gasteiger partial charge in [0, 0.05) is 49.2 Å². The van der Waals surface area contributed by atoms with E-state index in [9.17, 15) is 0 Å². The van der Waals surface area contributed by atoms with Gasteiger partial charge in [-0.3, -0.25) is 4.90 Å². The van der Waals surface area contributed by atoms with Gasteiger partial charge < -0.3 is 4.90 Å². The lowest BCUT2D eigenvalue weighted by Gasteiger charge is -2.32. The smallest absolute Gasteiger partial charge is 0.205 e. The predicted molar refractivity (Wildman–Crippen MR) is 89.1 cm³/mol. The van der Waals surface area contributed by atoms with Crippen LogP contribution in [-0.4, -0.2) is 45.5 Å². The Labute approximate surface area is 132 Å². The summed E-state index contributed by atoms with van der Waals surface area (Å²) in [5, 5.41) is 1.14. The van der Waals surface area contributed by atoms with Crippen molar-refractivity contribution in [1.82, 2.24) is 14.3 Å². The summed E-state index contributed by atoms with van der Waals surface area (Å²) in [5.74, 6) is 1.66. The summed E-state index contributed by atoms with van der Waals surface area (Å²) in [7, 11) is 0. The summed E-state index contributed by atoms with van der Waals surface area (Å²) < 4.78 is 4.55. The second-order valence-electron chi connectivity index (χ2n) is 7.25. The first-order chi connectivity index (χ1) is 10.0. The van der Waals surface area contributed by atoms with E-state index in [4.69, 9.17) is 4.98 Å². The number of nitrogens with zero attached hydrogens (tertiary/aromatic N) is 4. The molecule has 4 nitrogen and oxygen atoms in total. The molecule has 21 heavy (non-hydrogen) atoms. The molecule has 0 N–H and O–H groups in total. The first-order valence-electron chi connectivity index (χ1n) is 8.39. The largest absolute Gasteiger partial charge is 0.345 e. The van der Waals surface area contributed by atoms with E-state index in [0.717, 1.165) is 36.5 Å². The molecule has 1 aromatic rings. The molecule has 0 radical (unpaired) electrons. The predicted octanol–water partition coefficient (Wildman–Crippen LogP) is 3.19. The van der Waals surface area contributed by atoms with Gasteiger partial charge in [0.05, 0.1) is 0 Å². The molecule has 2 fully saturated rings. The minimum absolute atomic E-state index is 0.629. The van der Waals surface area contributed by atoms with Gasteiger partial charge in [-0.1, -0.05) is 13.8 Å². The minimum Gasteiger partial charge on any atom is -0.345 e. The quantitative estimate of drug-likeness (QED) is 0.855. The van der Waals surface area contributed by atoms with Gasteiger partial charge in [0.2, 0.25) is 5.13 Å². The second kappa shape index (κ2) is 6.21. The molecule has 0 aliphatic carbocycles. The molecule has 5 heteroatoms. The van der Waals surface area contributed by atoms with Crippen molar-refractivity contribution in [3.8, 4) is 0 Å². The molecule has 0 saturated carbocycles. The van der Waals surface area contributed by atoms with E-state index in [1.54, 1.807) is 11.5 Å². The summed E-state index contributed by atoms with van der Waals surface area (Å²) in [6.45, 7) is 11.4. The number of aromatic nitrogens is 2. The van der Waals surface area contributed by atoms with Crippen molar-refractivity contribution in [3.05, 3.63) is 5.82 Å². The zero-order chi connectivity index (χ0) is 15.0. The molecule has 2 bridgehead atoms. The number of fused-ring (bicyclic) bond motifs is 2. The van der Waals surface area contributed by atoms with E-state index in [1.807, 2.05) is 0 Å². The van der Waals surface area contributed by atoms with Crippen LogP contribution < -0.4 is 4.90 Å². The van der Waals surface area contributed by atoms with Crippen LogP contribution in [0.4, 0.5) is 5.13 Å². The molecule has 0 aromatic carbocycles. The maximum absolute atomic E-state index is 4.78. The number of hydrogen-bond acceptors (Lipinski definition) is 5. The lowest BCUT2D eigenvalue weighted by atomic mass is 10.1. The fraction of sp³-hybridized carbons (Fsp3) is 0.875. The first-order valence-corrected chi connectivity index (χ1v) is 9.17. The van der Waals surface area contributed by atoms with Gasteiger partial charge in [-0.15, -0.1) is 0 Å². The van der Waals surface area contributed by atoms with Crippen molar-refractivity contribution in [1.29, 1.82) is 0 Å². The number of hydrogen-bond donors (Lipinski definition) is 0. The van der Waals surface area contributed by atoms with Gasteiger partial charge in [0.1, 0.15) is 5.82 Å². The standard InChI is InChI=1S/C16H28N4S/c1-11(2)9-15-17-16(21-18-15)19-8-7-13-5-6-14(10-19)20(13)12(3)4/h11-14H,5-10H2,1-4H3. The van der Waals surface area contributed by atoms with Crippen LogP contribution in [0.15, 0.2) is 0 Å². The van der Waals surface area contributed by atoms with E-state index in [2.05, 4.69) is 41.9 Å². The average molecular weight is 308 g/mol. The Morgan fingerprint density at radius 3 is 2.62 bits per heavy atom. The fourth-order valence-corrected chi connectivity index (χ4v) is 4.68. The van der Waals surface area contributed by atoms with Crippen LogP contribution >= 0.6 is 11.5 Å². The van der Waals surface area contributed by atoms with Gasteiger partial charge in [0.25, 0.3) is 0 Å². The monoisotopic (exact) mass is 308 g/mol. The Balaban J connectivity index is 1.71. The molecule has 3 heterocycles. The third kappa shape index (κ3) is 3.24. The summed E-state index contributed by atoms with van der Waals surface area (Å²) >= 11 is 1.59. The van der Waals surface area contributed by atoms with E-state index in [-0.39, 0.29) is 0 Å². The lowest BCUT2D eigenvalue weighted by Crippen LogP contribution is -2.43. The highest BCUT2D eigenvalue weighted by molar-refractivity contribution is 7.09. The second-order valence-corrected chi connectivity index (χ2v) is 7.98. The molecule has 2 unspecified atom stereocenters. The summed E-state index contributed by atoms with van der Waals surface area (Å²) in [6.07, 6.45) is 4.99. The molecule has 2 aliphatic heterocycles. The zero-order valence-electron chi connectivity index (χ0n) is 13.7. The van der Waals surface area contributed by atoms with Crippen molar-refractivity contribution in [3.63, 3.8) is 0 Å². The highest BCUT2D eigenvalue weighted by Crippen LogP contribution is 2.34. The van der Waals surface area contributed by atoms with Crippen molar-refractivity contribution < 1.29 is 0 Å². The van der Waals surface area contributed by atoms with Gasteiger partial charge in [0.15, 0.2) is 0 Å². The van der Waals surface area contributed by atoms with E-state index in [0.29, 0.717) is 18.0 Å². The van der Waals surface area contributed by atoms with Crippen LogP contribution in [0.25, 0.3) is 0 Å². The van der Waals surface area contributed by atoms with Gasteiger partial charge in [-0.2, -0.15) is 4.37 Å². The normalized spacial score (nSPS) is 26.9. The Kier molecular flexibility index (Phi) is 4.50. The maximum Gasteiger partial charge on any atom is 0.205 e. The Bertz CT molecular complexity index is 471. The highest BCUT2D eigenvalue weighted by Gasteiger charge is 2.38. The van der Waals surface area contributed by atoms with Crippen molar-refractivity contribution in [2.45, 2.75) is 71.5 Å². The fourth-order valence-electron chi connectivity index (χ4n) is 3.95. The molecule has 0 spiro atoms. The topological polar surface area (TPSA) is 32.3 Å². The molecule has 0 amide bonds. The van der Waals surface area contributed by atoms with Crippen molar-refractivity contribution in [2.24, 2.45) is 5.92 Å². The number of anilines is 1. The Morgan fingerprint density at radius 2 is 1.90 bits per heavy atom. The number of rotatable bonds is 4. The molecule has 2 atom stereocenters. The van der Waals surface area contributed by atoms with Crippen LogP contribution in [-0.2, 0) is 6.42 Å². The molecule has 2 aliphatic rings. The van der Waals surface area contributed by atoms with E-state index in [1.165, 1.54) is 19.3 Å². The van der Waals surface area contributed by atoms with Gasteiger partial charge in [-0.25, -0.2) is 4.98 Å². The van der Waals surface area contributed by atoms with Crippen LogP contribution in [0.5, 0.6) is 0 Å². The first kappa shape index (κ1) is 15.2. The van der Waals surface area contributed by atoms with Crippen LogP contribution in [0.1, 0.15) is 52.8 Å². The van der Waals surface area contributed by atoms with Gasteiger partial charge in [-0.05, 0) is 39.0 Å². The van der Waals surface area contributed by atoms with E-state index < -0.39 is 0 Å². The zero-order valence-corrected chi connectivity index (χ0v) is 14.6. The van der Waals surface area contributed by atoms with Crippen LogP contribution in [0.2, 0.25) is 0 Å². The molecule has 2 saturated heterocycles. The highest BCUT2D eigenvalue weighted by atomic mass is 32.1. The molecular weight excluding hydrogens is 280 g/mol. The molecule has 3 rings (SSSR count). The van der Waals surface area contributed by atoms with Crippen molar-refractivity contribution >= 4 is 16.7 Å². The summed E-state index contributed by atoms with van der Waals surface area (Å²) in [5.41, 5.74) is 0. The SMILES string of the molecule is CC(C)Cc1nsc(N2CCC3CCC(C2)N3C(C)C)n1. The molecule has 1 aromatic heterocycles. The lowest BCUT2D eigenvalue weighted by molar-refractivity contribution is 0.158. The van der Waals surface area contributed by atoms with E-state index >= 15 is 0 Å². The average Bonchev–Trinajstić information content (AvgIpc) is 2.93.